The highest BCUT2D eigenvalue weighted by Gasteiger charge is 2.45. The molecule has 21 heavy (non-hydrogen) atoms. The van der Waals surface area contributed by atoms with Crippen LogP contribution in [0.15, 0.2) is 28.9 Å². The molecule has 1 aromatic heterocycles. The number of rotatable bonds is 3. The lowest BCUT2D eigenvalue weighted by Gasteiger charge is -2.06. The number of nitrogens with zero attached hydrogens (tertiary/aromatic N) is 1. The summed E-state index contributed by atoms with van der Waals surface area (Å²) in [4.78, 5) is 12.6. The van der Waals surface area contributed by atoms with Crippen LogP contribution in [0.5, 0.6) is 11.5 Å². The van der Waals surface area contributed by atoms with E-state index in [0.29, 0.717) is 5.76 Å². The third kappa shape index (κ3) is 1.96. The summed E-state index contributed by atoms with van der Waals surface area (Å²) in [7, 11) is 0. The van der Waals surface area contributed by atoms with Gasteiger partial charge in [0.05, 0.1) is 17.3 Å². The summed E-state index contributed by atoms with van der Waals surface area (Å²) in [6.07, 6.45) is -0.587. The molecule has 0 N–H and O–H groups in total. The van der Waals surface area contributed by atoms with E-state index in [2.05, 4.69) is 14.6 Å². The Labute approximate surface area is 117 Å². The minimum Gasteiger partial charge on any atom is -0.395 e. The number of fused-ring (bicyclic) bond motifs is 1. The van der Waals surface area contributed by atoms with E-state index in [4.69, 9.17) is 4.52 Å². The maximum Gasteiger partial charge on any atom is 0.586 e. The van der Waals surface area contributed by atoms with Crippen molar-refractivity contribution in [2.45, 2.75) is 25.1 Å². The Morgan fingerprint density at radius 1 is 1.24 bits per heavy atom. The van der Waals surface area contributed by atoms with E-state index >= 15 is 0 Å². The van der Waals surface area contributed by atoms with Crippen molar-refractivity contribution in [2.24, 2.45) is 0 Å². The molecule has 0 saturated heterocycles. The van der Waals surface area contributed by atoms with E-state index in [1.165, 1.54) is 24.4 Å². The molecule has 2 aromatic rings. The molecule has 1 aromatic carbocycles. The minimum atomic E-state index is -3.76. The van der Waals surface area contributed by atoms with Gasteiger partial charge in [-0.15, -0.1) is 8.78 Å². The second-order valence-electron chi connectivity index (χ2n) is 5.01. The van der Waals surface area contributed by atoms with Gasteiger partial charge in [-0.2, -0.15) is 0 Å². The smallest absolute Gasteiger partial charge is 0.395 e. The number of ether oxygens (including phenoxy) is 2. The molecular formula is C14H9F2NO4. The van der Waals surface area contributed by atoms with Crippen molar-refractivity contribution in [3.05, 3.63) is 41.3 Å². The summed E-state index contributed by atoms with van der Waals surface area (Å²) >= 11 is 0. The molecule has 7 heteroatoms. The van der Waals surface area contributed by atoms with Gasteiger partial charge >= 0.3 is 6.29 Å². The maximum atomic E-state index is 13.2. The van der Waals surface area contributed by atoms with E-state index in [-0.39, 0.29) is 28.5 Å². The Hall–Kier alpha value is -2.44. The standard InChI is InChI=1S/C14H9F2NO4/c15-14(16)19-10-3-1-2-8(13(10)20-14)11(18)9-6-17-21-12(9)7-4-5-7/h1-3,6-7H,4-5H2. The Morgan fingerprint density at radius 2 is 2.05 bits per heavy atom. The van der Waals surface area contributed by atoms with Crippen molar-refractivity contribution < 1.29 is 27.6 Å². The Balaban J connectivity index is 1.76. The monoisotopic (exact) mass is 293 g/mol. The second kappa shape index (κ2) is 4.03. The lowest BCUT2D eigenvalue weighted by molar-refractivity contribution is -0.286. The fraction of sp³-hybridized carbons (Fsp3) is 0.286. The van der Waals surface area contributed by atoms with Crippen molar-refractivity contribution in [1.82, 2.24) is 5.16 Å². The first-order chi connectivity index (χ1) is 10.1. The maximum absolute atomic E-state index is 13.2. The van der Waals surface area contributed by atoms with Crippen molar-refractivity contribution in [1.29, 1.82) is 0 Å². The number of hydrogen-bond donors (Lipinski definition) is 0. The summed E-state index contributed by atoms with van der Waals surface area (Å²) < 4.78 is 40.2. The summed E-state index contributed by atoms with van der Waals surface area (Å²) in [5.41, 5.74) is 0.291. The topological polar surface area (TPSA) is 61.6 Å². The molecule has 2 aliphatic rings. The van der Waals surface area contributed by atoms with Crippen LogP contribution in [-0.2, 0) is 0 Å². The molecular weight excluding hydrogens is 284 g/mol. The molecule has 1 saturated carbocycles. The molecule has 0 unspecified atom stereocenters. The normalized spacial score (nSPS) is 18.8. The van der Waals surface area contributed by atoms with Gasteiger partial charge < -0.3 is 14.0 Å². The molecule has 4 rings (SSSR count). The predicted octanol–water partition coefficient (Wildman–Crippen LogP) is 3.10. The zero-order chi connectivity index (χ0) is 14.6. The highest BCUT2D eigenvalue weighted by atomic mass is 19.3. The van der Waals surface area contributed by atoms with Gasteiger partial charge in [-0.1, -0.05) is 11.2 Å². The van der Waals surface area contributed by atoms with Crippen LogP contribution in [0.3, 0.4) is 0 Å². The van der Waals surface area contributed by atoms with E-state index in [1.807, 2.05) is 0 Å². The van der Waals surface area contributed by atoms with Crippen molar-refractivity contribution >= 4 is 5.78 Å². The van der Waals surface area contributed by atoms with Gasteiger partial charge in [0, 0.05) is 5.92 Å². The zero-order valence-electron chi connectivity index (χ0n) is 10.6. The van der Waals surface area contributed by atoms with Crippen LogP contribution in [0, 0.1) is 0 Å². The van der Waals surface area contributed by atoms with E-state index < -0.39 is 12.1 Å². The summed E-state index contributed by atoms with van der Waals surface area (Å²) in [6, 6.07) is 4.19. The Kier molecular flexibility index (Phi) is 2.36. The van der Waals surface area contributed by atoms with Crippen molar-refractivity contribution in [3.8, 4) is 11.5 Å². The number of ketones is 1. The number of benzene rings is 1. The van der Waals surface area contributed by atoms with E-state index in [9.17, 15) is 13.6 Å². The van der Waals surface area contributed by atoms with Gasteiger partial charge in [0.25, 0.3) is 0 Å². The first-order valence-corrected chi connectivity index (χ1v) is 6.43. The number of para-hydroxylation sites is 1. The van der Waals surface area contributed by atoms with Gasteiger partial charge in [-0.05, 0) is 25.0 Å². The number of alkyl halides is 2. The van der Waals surface area contributed by atoms with Crippen LogP contribution in [0.2, 0.25) is 0 Å². The SMILES string of the molecule is O=C(c1cnoc1C1CC1)c1cccc2c1OC(F)(F)O2. The van der Waals surface area contributed by atoms with Crippen molar-refractivity contribution in [3.63, 3.8) is 0 Å². The molecule has 1 aliphatic heterocycles. The molecule has 1 aliphatic carbocycles. The number of hydrogen-bond acceptors (Lipinski definition) is 5. The Bertz CT molecular complexity index is 736. The quantitative estimate of drug-likeness (QED) is 0.814. The average molecular weight is 293 g/mol. The molecule has 0 spiro atoms. The Morgan fingerprint density at radius 3 is 2.81 bits per heavy atom. The zero-order valence-corrected chi connectivity index (χ0v) is 10.6. The van der Waals surface area contributed by atoms with Crippen LogP contribution in [-0.4, -0.2) is 17.2 Å². The van der Waals surface area contributed by atoms with Crippen LogP contribution in [0.1, 0.15) is 40.4 Å². The fourth-order valence-corrected chi connectivity index (χ4v) is 2.35. The average Bonchev–Trinajstić information content (AvgIpc) is 3.06. The molecule has 0 radical (unpaired) electrons. The summed E-state index contributed by atoms with van der Waals surface area (Å²) in [5, 5.41) is 3.64. The lowest BCUT2D eigenvalue weighted by Crippen LogP contribution is -2.26. The molecule has 0 bridgehead atoms. The molecule has 2 heterocycles. The van der Waals surface area contributed by atoms with Gasteiger partial charge in [0.2, 0.25) is 5.78 Å². The third-order valence-electron chi connectivity index (χ3n) is 3.46. The largest absolute Gasteiger partial charge is 0.586 e. The number of carbonyl (C=O) groups is 1. The summed E-state index contributed by atoms with van der Waals surface area (Å²) in [6.45, 7) is 0. The second-order valence-corrected chi connectivity index (χ2v) is 5.01. The fourth-order valence-electron chi connectivity index (χ4n) is 2.35. The number of aromatic nitrogens is 1. The van der Waals surface area contributed by atoms with Crippen LogP contribution in [0.25, 0.3) is 0 Å². The van der Waals surface area contributed by atoms with E-state index in [1.54, 1.807) is 0 Å². The van der Waals surface area contributed by atoms with Gasteiger partial charge in [0.1, 0.15) is 0 Å². The van der Waals surface area contributed by atoms with Crippen LogP contribution in [0.4, 0.5) is 8.78 Å². The minimum absolute atomic E-state index is 0.00905. The predicted molar refractivity (Wildman–Crippen MR) is 64.6 cm³/mol. The first kappa shape index (κ1) is 12.3. The van der Waals surface area contributed by atoms with Gasteiger partial charge in [0.15, 0.2) is 17.3 Å². The van der Waals surface area contributed by atoms with Gasteiger partial charge in [-0.3, -0.25) is 4.79 Å². The number of halogens is 2. The highest BCUT2D eigenvalue weighted by Crippen LogP contribution is 2.45. The van der Waals surface area contributed by atoms with E-state index in [0.717, 1.165) is 12.8 Å². The molecule has 1 fully saturated rings. The van der Waals surface area contributed by atoms with Crippen LogP contribution < -0.4 is 9.47 Å². The lowest BCUT2D eigenvalue weighted by atomic mass is 10.0. The molecule has 5 nitrogen and oxygen atoms in total. The third-order valence-corrected chi connectivity index (χ3v) is 3.46. The van der Waals surface area contributed by atoms with Crippen molar-refractivity contribution in [2.75, 3.05) is 0 Å². The van der Waals surface area contributed by atoms with Gasteiger partial charge in [-0.25, -0.2) is 0 Å². The molecule has 0 atom stereocenters. The molecule has 108 valence electrons. The van der Waals surface area contributed by atoms with Crippen LogP contribution >= 0.6 is 0 Å². The highest BCUT2D eigenvalue weighted by molar-refractivity contribution is 6.11. The summed E-state index contributed by atoms with van der Waals surface area (Å²) in [5.74, 6) is -0.188. The number of carbonyl (C=O) groups excluding carboxylic acids is 1. The molecule has 0 amide bonds. The first-order valence-electron chi connectivity index (χ1n) is 6.43.